The molecule has 5 heteroatoms. The molecule has 1 aromatic carbocycles. The summed E-state index contributed by atoms with van der Waals surface area (Å²) in [5.41, 5.74) is 1.23. The second-order valence-electron chi connectivity index (χ2n) is 6.23. The molecule has 1 aromatic heterocycles. The number of hydrogen-bond donors (Lipinski definition) is 2. The van der Waals surface area contributed by atoms with Gasteiger partial charge in [-0.1, -0.05) is 0 Å². The summed E-state index contributed by atoms with van der Waals surface area (Å²) in [7, 11) is 1.67. The van der Waals surface area contributed by atoms with Gasteiger partial charge in [0.25, 0.3) is 5.91 Å². The number of piperidine rings is 1. The number of likely N-dealkylation sites (tertiary alicyclic amines) is 1. The molecule has 0 bridgehead atoms. The number of methoxy groups -OCH3 is 1. The highest BCUT2D eigenvalue weighted by Crippen LogP contribution is 2.16. The van der Waals surface area contributed by atoms with Crippen molar-refractivity contribution in [1.29, 1.82) is 0 Å². The van der Waals surface area contributed by atoms with Crippen molar-refractivity contribution in [3.8, 4) is 5.75 Å². The number of quaternary nitrogens is 1. The molecular formula is C19H25N2O3+. The molecular weight excluding hydrogens is 304 g/mol. The molecule has 1 atom stereocenters. The van der Waals surface area contributed by atoms with Crippen molar-refractivity contribution in [2.24, 2.45) is 0 Å². The summed E-state index contributed by atoms with van der Waals surface area (Å²) in [6.07, 6.45) is 5.31. The van der Waals surface area contributed by atoms with E-state index < -0.39 is 0 Å². The third-order valence-corrected chi connectivity index (χ3v) is 4.72. The van der Waals surface area contributed by atoms with Gasteiger partial charge in [-0.3, -0.25) is 4.79 Å². The van der Waals surface area contributed by atoms with E-state index in [1.54, 1.807) is 19.2 Å². The highest BCUT2D eigenvalue weighted by Gasteiger charge is 2.27. The lowest BCUT2D eigenvalue weighted by molar-refractivity contribution is -0.935. The lowest BCUT2D eigenvalue weighted by atomic mass is 10.0. The van der Waals surface area contributed by atoms with Gasteiger partial charge in [0.15, 0.2) is 5.76 Å². The van der Waals surface area contributed by atoms with Crippen LogP contribution in [0.1, 0.15) is 41.4 Å². The van der Waals surface area contributed by atoms with Gasteiger partial charge < -0.3 is 19.4 Å². The Morgan fingerprint density at radius 2 is 1.96 bits per heavy atom. The molecule has 1 amide bonds. The molecule has 0 spiro atoms. The molecule has 2 heterocycles. The van der Waals surface area contributed by atoms with Gasteiger partial charge in [-0.15, -0.1) is 0 Å². The zero-order valence-electron chi connectivity index (χ0n) is 14.1. The van der Waals surface area contributed by atoms with Crippen LogP contribution in [0, 0.1) is 0 Å². The van der Waals surface area contributed by atoms with Gasteiger partial charge in [-0.05, 0) is 55.7 Å². The standard InChI is InChI=1S/C19H24N2O3/c1-23-16-9-7-15(8-10-16)17(21-11-3-2-4-12-21)14-20-19(22)18-6-5-13-24-18/h5-10,13,17H,2-4,11-12,14H2,1H3,(H,20,22)/p+1/t17-/m1/s1. The van der Waals surface area contributed by atoms with E-state index in [9.17, 15) is 4.79 Å². The normalized spacial score (nSPS) is 16.5. The van der Waals surface area contributed by atoms with Gasteiger partial charge in [-0.2, -0.15) is 0 Å². The third kappa shape index (κ3) is 3.97. The van der Waals surface area contributed by atoms with E-state index in [0.717, 1.165) is 18.8 Å². The zero-order valence-corrected chi connectivity index (χ0v) is 14.1. The Morgan fingerprint density at radius 1 is 1.21 bits per heavy atom. The third-order valence-electron chi connectivity index (χ3n) is 4.72. The average molecular weight is 329 g/mol. The Bertz CT molecular complexity index is 631. The predicted octanol–water partition coefficient (Wildman–Crippen LogP) is 1.83. The molecule has 1 fully saturated rings. The highest BCUT2D eigenvalue weighted by molar-refractivity contribution is 5.91. The van der Waals surface area contributed by atoms with Crippen LogP contribution in [0.5, 0.6) is 5.75 Å². The van der Waals surface area contributed by atoms with E-state index in [4.69, 9.17) is 9.15 Å². The Labute approximate surface area is 142 Å². The van der Waals surface area contributed by atoms with Gasteiger partial charge in [0.1, 0.15) is 11.8 Å². The van der Waals surface area contributed by atoms with Crippen LogP contribution in [0.15, 0.2) is 47.1 Å². The predicted molar refractivity (Wildman–Crippen MR) is 91.3 cm³/mol. The van der Waals surface area contributed by atoms with Gasteiger partial charge in [0.05, 0.1) is 33.0 Å². The first kappa shape index (κ1) is 16.6. The van der Waals surface area contributed by atoms with Crippen LogP contribution in [0.2, 0.25) is 0 Å². The second-order valence-corrected chi connectivity index (χ2v) is 6.23. The minimum Gasteiger partial charge on any atom is -0.497 e. The maximum absolute atomic E-state index is 12.2. The minimum absolute atomic E-state index is 0.157. The van der Waals surface area contributed by atoms with Crippen LogP contribution in [-0.4, -0.2) is 32.7 Å². The SMILES string of the molecule is COc1ccc([C@@H](CNC(=O)c2ccco2)[NH+]2CCCCC2)cc1. The van der Waals surface area contributed by atoms with E-state index >= 15 is 0 Å². The van der Waals surface area contributed by atoms with Crippen LogP contribution in [0.25, 0.3) is 0 Å². The molecule has 5 nitrogen and oxygen atoms in total. The summed E-state index contributed by atoms with van der Waals surface area (Å²) in [5, 5.41) is 3.02. The number of benzene rings is 1. The Kier molecular flexibility index (Phi) is 5.54. The molecule has 2 N–H and O–H groups in total. The first-order valence-electron chi connectivity index (χ1n) is 8.58. The molecule has 1 saturated heterocycles. The lowest BCUT2D eigenvalue weighted by Crippen LogP contribution is -3.13. The van der Waals surface area contributed by atoms with Crippen LogP contribution < -0.4 is 15.0 Å². The number of furan rings is 1. The second kappa shape index (κ2) is 8.02. The molecule has 2 aromatic rings. The summed E-state index contributed by atoms with van der Waals surface area (Å²) >= 11 is 0. The van der Waals surface area contributed by atoms with Crippen molar-refractivity contribution in [1.82, 2.24) is 5.32 Å². The number of amides is 1. The topological polar surface area (TPSA) is 55.9 Å². The van der Waals surface area contributed by atoms with Crippen LogP contribution >= 0.6 is 0 Å². The van der Waals surface area contributed by atoms with E-state index in [1.165, 1.54) is 36.0 Å². The van der Waals surface area contributed by atoms with E-state index in [0.29, 0.717) is 12.3 Å². The largest absolute Gasteiger partial charge is 0.497 e. The monoisotopic (exact) mass is 329 g/mol. The van der Waals surface area contributed by atoms with Crippen molar-refractivity contribution in [2.75, 3.05) is 26.7 Å². The lowest BCUT2D eigenvalue weighted by Gasteiger charge is -2.32. The van der Waals surface area contributed by atoms with Gasteiger partial charge in [0.2, 0.25) is 0 Å². The fourth-order valence-electron chi connectivity index (χ4n) is 3.38. The molecule has 0 radical (unpaired) electrons. The van der Waals surface area contributed by atoms with Crippen molar-refractivity contribution in [3.05, 3.63) is 54.0 Å². The molecule has 128 valence electrons. The highest BCUT2D eigenvalue weighted by atomic mass is 16.5. The van der Waals surface area contributed by atoms with Crippen LogP contribution in [0.3, 0.4) is 0 Å². The smallest absolute Gasteiger partial charge is 0.287 e. The fraction of sp³-hybridized carbons (Fsp3) is 0.421. The summed E-state index contributed by atoms with van der Waals surface area (Å²) in [6.45, 7) is 2.89. The molecule has 0 aliphatic carbocycles. The summed E-state index contributed by atoms with van der Waals surface area (Å²) in [5.74, 6) is 1.05. The number of carbonyl (C=O) groups excluding carboxylic acids is 1. The van der Waals surface area contributed by atoms with Gasteiger partial charge in [-0.25, -0.2) is 0 Å². The van der Waals surface area contributed by atoms with Crippen LogP contribution in [-0.2, 0) is 0 Å². The van der Waals surface area contributed by atoms with Crippen molar-refractivity contribution in [3.63, 3.8) is 0 Å². The fourth-order valence-corrected chi connectivity index (χ4v) is 3.38. The molecule has 0 saturated carbocycles. The van der Waals surface area contributed by atoms with Crippen LogP contribution in [0.4, 0.5) is 0 Å². The number of ether oxygens (including phenoxy) is 1. The summed E-state index contributed by atoms with van der Waals surface area (Å²) in [6, 6.07) is 11.8. The van der Waals surface area contributed by atoms with E-state index in [2.05, 4.69) is 17.4 Å². The number of nitrogens with one attached hydrogen (secondary N) is 2. The molecule has 1 aliphatic heterocycles. The summed E-state index contributed by atoms with van der Waals surface area (Å²) < 4.78 is 10.4. The van der Waals surface area contributed by atoms with Crippen molar-refractivity contribution < 1.29 is 18.8 Å². The number of rotatable bonds is 6. The Balaban J connectivity index is 1.72. The number of carbonyl (C=O) groups is 1. The Hall–Kier alpha value is -2.27. The van der Waals surface area contributed by atoms with Crippen molar-refractivity contribution in [2.45, 2.75) is 25.3 Å². The number of hydrogen-bond acceptors (Lipinski definition) is 3. The molecule has 1 aliphatic rings. The summed E-state index contributed by atoms with van der Waals surface area (Å²) in [4.78, 5) is 13.7. The van der Waals surface area contributed by atoms with E-state index in [-0.39, 0.29) is 11.9 Å². The molecule has 0 unspecified atom stereocenters. The van der Waals surface area contributed by atoms with Gasteiger partial charge in [0, 0.05) is 5.56 Å². The Morgan fingerprint density at radius 3 is 2.58 bits per heavy atom. The quantitative estimate of drug-likeness (QED) is 0.850. The van der Waals surface area contributed by atoms with E-state index in [1.807, 2.05) is 12.1 Å². The maximum Gasteiger partial charge on any atom is 0.287 e. The first-order valence-corrected chi connectivity index (χ1v) is 8.58. The van der Waals surface area contributed by atoms with Gasteiger partial charge >= 0.3 is 0 Å². The van der Waals surface area contributed by atoms with Crippen molar-refractivity contribution >= 4 is 5.91 Å². The molecule has 24 heavy (non-hydrogen) atoms. The maximum atomic E-state index is 12.2. The minimum atomic E-state index is -0.157. The first-order chi connectivity index (χ1) is 11.8. The molecule has 3 rings (SSSR count). The zero-order chi connectivity index (χ0) is 16.8. The average Bonchev–Trinajstić information content (AvgIpc) is 3.18.